The van der Waals surface area contributed by atoms with Gasteiger partial charge in [0.15, 0.2) is 5.96 Å². The van der Waals surface area contributed by atoms with E-state index >= 15 is 0 Å². The number of nitrogens with zero attached hydrogens (tertiary/aromatic N) is 2. The second-order valence-electron chi connectivity index (χ2n) is 7.97. The SMILES string of the molecule is CC(O)C(NC(=O)C1CCCN1C(=O)C(N)CC(=O)O)C(=O)NC(CCCN=C(N)N)C(=O)O. The third-order valence-corrected chi connectivity index (χ3v) is 5.17. The second kappa shape index (κ2) is 13.3. The van der Waals surface area contributed by atoms with Crippen LogP contribution in [0.1, 0.15) is 39.0 Å². The molecule has 192 valence electrons. The number of carbonyl (C=O) groups is 5. The van der Waals surface area contributed by atoms with E-state index in [1.165, 1.54) is 6.92 Å². The molecule has 11 N–H and O–H groups in total. The molecule has 15 nitrogen and oxygen atoms in total. The molecule has 15 heteroatoms. The molecule has 1 aliphatic heterocycles. The summed E-state index contributed by atoms with van der Waals surface area (Å²) in [6.07, 6.45) is -1.07. The fraction of sp³-hybridized carbons (Fsp3) is 0.684. The van der Waals surface area contributed by atoms with Crippen LogP contribution in [0.2, 0.25) is 0 Å². The van der Waals surface area contributed by atoms with E-state index in [-0.39, 0.29) is 38.3 Å². The van der Waals surface area contributed by atoms with Crippen molar-refractivity contribution in [2.75, 3.05) is 13.1 Å². The highest BCUT2D eigenvalue weighted by Gasteiger charge is 2.39. The van der Waals surface area contributed by atoms with Crippen LogP contribution in [0.25, 0.3) is 0 Å². The molecule has 1 rings (SSSR count). The molecule has 0 aromatic carbocycles. The molecule has 5 unspecified atom stereocenters. The molecule has 1 heterocycles. The van der Waals surface area contributed by atoms with Gasteiger partial charge in [0.1, 0.15) is 18.1 Å². The maximum Gasteiger partial charge on any atom is 0.326 e. The van der Waals surface area contributed by atoms with E-state index in [0.29, 0.717) is 6.42 Å². The Morgan fingerprint density at radius 2 is 1.79 bits per heavy atom. The average Bonchev–Trinajstić information content (AvgIpc) is 3.22. The number of aliphatic carboxylic acids is 2. The number of hydrogen-bond donors (Lipinski definition) is 8. The van der Waals surface area contributed by atoms with E-state index in [2.05, 4.69) is 15.6 Å². The second-order valence-corrected chi connectivity index (χ2v) is 7.97. The summed E-state index contributed by atoms with van der Waals surface area (Å²) >= 11 is 0. The third-order valence-electron chi connectivity index (χ3n) is 5.17. The van der Waals surface area contributed by atoms with Gasteiger partial charge in [0.25, 0.3) is 0 Å². The first kappa shape index (κ1) is 28.6. The highest BCUT2D eigenvalue weighted by Crippen LogP contribution is 2.19. The first-order valence-corrected chi connectivity index (χ1v) is 10.7. The Labute approximate surface area is 195 Å². The Bertz CT molecular complexity index is 800. The summed E-state index contributed by atoms with van der Waals surface area (Å²) in [7, 11) is 0. The van der Waals surface area contributed by atoms with Gasteiger partial charge in [-0.25, -0.2) is 4.79 Å². The zero-order chi connectivity index (χ0) is 26.0. The van der Waals surface area contributed by atoms with Crippen molar-refractivity contribution in [1.29, 1.82) is 0 Å². The minimum absolute atomic E-state index is 0.00923. The largest absolute Gasteiger partial charge is 0.481 e. The Hall–Kier alpha value is -3.46. The molecule has 1 aliphatic rings. The predicted octanol–water partition coefficient (Wildman–Crippen LogP) is -3.73. The molecule has 0 saturated carbocycles. The zero-order valence-electron chi connectivity index (χ0n) is 18.8. The molecule has 0 aromatic rings. The molecular formula is C19H33N7O8. The van der Waals surface area contributed by atoms with Gasteiger partial charge in [0.05, 0.1) is 18.6 Å². The van der Waals surface area contributed by atoms with Crippen molar-refractivity contribution in [3.8, 4) is 0 Å². The number of hydrogen-bond acceptors (Lipinski definition) is 8. The van der Waals surface area contributed by atoms with Gasteiger partial charge in [0, 0.05) is 13.1 Å². The van der Waals surface area contributed by atoms with Gasteiger partial charge in [-0.1, -0.05) is 0 Å². The molecule has 0 bridgehead atoms. The Morgan fingerprint density at radius 1 is 1.15 bits per heavy atom. The molecule has 0 aromatic heterocycles. The lowest BCUT2D eigenvalue weighted by molar-refractivity contribution is -0.145. The fourth-order valence-corrected chi connectivity index (χ4v) is 3.47. The summed E-state index contributed by atoms with van der Waals surface area (Å²) in [6.45, 7) is 1.56. The summed E-state index contributed by atoms with van der Waals surface area (Å²) in [5.74, 6) is -5.15. The first-order chi connectivity index (χ1) is 15.8. The summed E-state index contributed by atoms with van der Waals surface area (Å²) in [6, 6.07) is -5.18. The van der Waals surface area contributed by atoms with Crippen LogP contribution in [0.15, 0.2) is 4.99 Å². The van der Waals surface area contributed by atoms with E-state index in [4.69, 9.17) is 22.3 Å². The number of aliphatic hydroxyl groups excluding tert-OH is 1. The van der Waals surface area contributed by atoms with Crippen LogP contribution in [0.3, 0.4) is 0 Å². The quantitative estimate of drug-likeness (QED) is 0.0710. The van der Waals surface area contributed by atoms with Crippen LogP contribution in [0, 0.1) is 0 Å². The number of amides is 3. The molecule has 1 saturated heterocycles. The lowest BCUT2D eigenvalue weighted by atomic mass is 10.1. The highest BCUT2D eigenvalue weighted by atomic mass is 16.4. The first-order valence-electron chi connectivity index (χ1n) is 10.7. The van der Waals surface area contributed by atoms with Gasteiger partial charge in [-0.3, -0.25) is 24.2 Å². The number of aliphatic imine (C=N–C) groups is 1. The van der Waals surface area contributed by atoms with Crippen LogP contribution in [-0.2, 0) is 24.0 Å². The Balaban J connectivity index is 2.83. The van der Waals surface area contributed by atoms with E-state index in [1.54, 1.807) is 0 Å². The van der Waals surface area contributed by atoms with Gasteiger partial charge in [-0.15, -0.1) is 0 Å². The lowest BCUT2D eigenvalue weighted by Crippen LogP contribution is -2.59. The number of aliphatic hydroxyl groups is 1. The van der Waals surface area contributed by atoms with Crippen LogP contribution in [-0.4, -0.2) is 99.2 Å². The number of carbonyl (C=O) groups excluding carboxylic acids is 3. The monoisotopic (exact) mass is 487 g/mol. The number of rotatable bonds is 13. The molecule has 0 aliphatic carbocycles. The van der Waals surface area contributed by atoms with Crippen molar-refractivity contribution in [3.05, 3.63) is 0 Å². The third kappa shape index (κ3) is 8.82. The normalized spacial score (nSPS) is 18.8. The number of guanidine groups is 1. The summed E-state index contributed by atoms with van der Waals surface area (Å²) in [5.41, 5.74) is 16.0. The number of carboxylic acid groups (broad SMARTS) is 2. The van der Waals surface area contributed by atoms with Crippen molar-refractivity contribution in [1.82, 2.24) is 15.5 Å². The van der Waals surface area contributed by atoms with Gasteiger partial charge >= 0.3 is 11.9 Å². The van der Waals surface area contributed by atoms with Gasteiger partial charge in [-0.2, -0.15) is 0 Å². The van der Waals surface area contributed by atoms with Crippen molar-refractivity contribution in [2.24, 2.45) is 22.2 Å². The lowest BCUT2D eigenvalue weighted by Gasteiger charge is -2.29. The standard InChI is InChI=1S/C19H33N7O8/c1-9(27)14(16(31)24-11(18(33)34)4-2-6-23-19(21)22)25-15(30)12-5-3-7-26(12)17(32)10(20)8-13(28)29/h9-12,14,27H,2-8,20H2,1H3,(H,24,31)(H,25,30)(H,28,29)(H,33,34)(H4,21,22,23). The molecule has 3 amide bonds. The molecule has 5 atom stereocenters. The molecule has 34 heavy (non-hydrogen) atoms. The zero-order valence-corrected chi connectivity index (χ0v) is 18.8. The average molecular weight is 488 g/mol. The van der Waals surface area contributed by atoms with Crippen molar-refractivity contribution >= 4 is 35.6 Å². The molecule has 0 radical (unpaired) electrons. The summed E-state index contributed by atoms with van der Waals surface area (Å²) < 4.78 is 0. The van der Waals surface area contributed by atoms with Crippen LogP contribution in [0.5, 0.6) is 0 Å². The summed E-state index contributed by atoms with van der Waals surface area (Å²) in [5, 5.41) is 32.8. The molecule has 0 spiro atoms. The van der Waals surface area contributed by atoms with Crippen molar-refractivity contribution in [2.45, 2.75) is 69.3 Å². The van der Waals surface area contributed by atoms with Crippen LogP contribution >= 0.6 is 0 Å². The fourth-order valence-electron chi connectivity index (χ4n) is 3.47. The number of carboxylic acids is 2. The number of nitrogens with one attached hydrogen (secondary N) is 2. The molecule has 1 fully saturated rings. The van der Waals surface area contributed by atoms with Crippen molar-refractivity contribution < 1.29 is 39.3 Å². The maximum absolute atomic E-state index is 12.8. The molecular weight excluding hydrogens is 454 g/mol. The van der Waals surface area contributed by atoms with E-state index in [0.717, 1.165) is 4.90 Å². The Kier molecular flexibility index (Phi) is 11.2. The minimum Gasteiger partial charge on any atom is -0.481 e. The van der Waals surface area contributed by atoms with E-state index < -0.39 is 66.4 Å². The minimum atomic E-state index is -1.50. The van der Waals surface area contributed by atoms with Gasteiger partial charge in [0.2, 0.25) is 17.7 Å². The summed E-state index contributed by atoms with van der Waals surface area (Å²) in [4.78, 5) is 65.1. The van der Waals surface area contributed by atoms with Gasteiger partial charge < -0.3 is 48.1 Å². The predicted molar refractivity (Wildman–Crippen MR) is 118 cm³/mol. The smallest absolute Gasteiger partial charge is 0.326 e. The maximum atomic E-state index is 12.8. The number of nitrogens with two attached hydrogens (primary N) is 3. The van der Waals surface area contributed by atoms with Crippen molar-refractivity contribution in [3.63, 3.8) is 0 Å². The van der Waals surface area contributed by atoms with Crippen LogP contribution in [0.4, 0.5) is 0 Å². The van der Waals surface area contributed by atoms with E-state index in [1.807, 2.05) is 0 Å². The van der Waals surface area contributed by atoms with E-state index in [9.17, 15) is 34.2 Å². The van der Waals surface area contributed by atoms with Gasteiger partial charge in [-0.05, 0) is 32.6 Å². The Morgan fingerprint density at radius 3 is 2.32 bits per heavy atom. The number of likely N-dealkylation sites (tertiary alicyclic amines) is 1. The highest BCUT2D eigenvalue weighted by molar-refractivity contribution is 5.95. The van der Waals surface area contributed by atoms with Crippen LogP contribution < -0.4 is 27.8 Å². The topological polar surface area (TPSA) is 264 Å².